The number of nitrogens with zero attached hydrogens (tertiary/aromatic N) is 2. The zero-order valence-corrected chi connectivity index (χ0v) is 20.4. The molecule has 1 fully saturated rings. The van der Waals surface area contributed by atoms with Gasteiger partial charge in [0.15, 0.2) is 0 Å². The molecule has 168 valence electrons. The van der Waals surface area contributed by atoms with Crippen LogP contribution in [0.5, 0.6) is 0 Å². The number of nitrogens with one attached hydrogen (secondary N) is 1. The van der Waals surface area contributed by atoms with Crippen LogP contribution in [-0.4, -0.2) is 48.3 Å². The molecule has 1 amide bonds. The van der Waals surface area contributed by atoms with Gasteiger partial charge in [0.2, 0.25) is 0 Å². The third kappa shape index (κ3) is 7.53. The lowest BCUT2D eigenvalue weighted by Crippen LogP contribution is -2.36. The van der Waals surface area contributed by atoms with Crippen molar-refractivity contribution in [1.29, 1.82) is 0 Å². The van der Waals surface area contributed by atoms with E-state index in [0.29, 0.717) is 24.1 Å². The number of amides is 1. The van der Waals surface area contributed by atoms with E-state index in [-0.39, 0.29) is 5.91 Å². The first-order chi connectivity index (χ1) is 14.9. The van der Waals surface area contributed by atoms with Gasteiger partial charge in [0.1, 0.15) is 0 Å². The lowest BCUT2D eigenvalue weighted by Gasteiger charge is -2.37. The zero-order chi connectivity index (χ0) is 22.2. The van der Waals surface area contributed by atoms with Crippen molar-refractivity contribution >= 4 is 29.5 Å². The molecule has 0 spiro atoms. The average Bonchev–Trinajstić information content (AvgIpc) is 2.75. The van der Waals surface area contributed by atoms with Gasteiger partial charge in [0, 0.05) is 41.2 Å². The quantitative estimate of drug-likeness (QED) is 0.486. The molecule has 31 heavy (non-hydrogen) atoms. The van der Waals surface area contributed by atoms with E-state index in [1.807, 2.05) is 50.3 Å². The van der Waals surface area contributed by atoms with Gasteiger partial charge in [-0.05, 0) is 86.8 Å². The van der Waals surface area contributed by atoms with Crippen molar-refractivity contribution in [3.63, 3.8) is 0 Å². The Morgan fingerprint density at radius 2 is 1.74 bits per heavy atom. The zero-order valence-electron chi connectivity index (χ0n) is 18.8. The molecule has 6 heteroatoms. The molecule has 1 saturated carbocycles. The third-order valence-corrected chi connectivity index (χ3v) is 7.24. The van der Waals surface area contributed by atoms with Gasteiger partial charge in [-0.1, -0.05) is 43.5 Å². The molecule has 0 aliphatic heterocycles. The Bertz CT molecular complexity index is 826. The molecule has 0 radical (unpaired) electrons. The minimum absolute atomic E-state index is 0.0123. The fourth-order valence-electron chi connectivity index (χ4n) is 4.01. The second-order valence-corrected chi connectivity index (χ2v) is 10.3. The van der Waals surface area contributed by atoms with Crippen molar-refractivity contribution in [1.82, 2.24) is 14.5 Å². The van der Waals surface area contributed by atoms with E-state index >= 15 is 0 Å². The van der Waals surface area contributed by atoms with Gasteiger partial charge in [0.25, 0.3) is 5.91 Å². The number of halogens is 1. The molecule has 1 aliphatic carbocycles. The Hall–Kier alpha value is -1.53. The molecule has 3 rings (SSSR count). The van der Waals surface area contributed by atoms with E-state index in [2.05, 4.69) is 45.7 Å². The number of carbonyl (C=O) groups excluding carboxylic acids is 1. The minimum atomic E-state index is -0.0123. The first-order valence-electron chi connectivity index (χ1n) is 11.1. The second-order valence-electron chi connectivity index (χ2n) is 8.71. The summed E-state index contributed by atoms with van der Waals surface area (Å²) in [6.07, 6.45) is 5.13. The highest BCUT2D eigenvalue weighted by atomic mass is 35.5. The van der Waals surface area contributed by atoms with E-state index in [9.17, 15) is 4.79 Å². The van der Waals surface area contributed by atoms with Crippen molar-refractivity contribution < 1.29 is 4.79 Å². The number of carbonyl (C=O) groups is 1. The van der Waals surface area contributed by atoms with E-state index in [1.165, 1.54) is 36.1 Å². The summed E-state index contributed by atoms with van der Waals surface area (Å²) in [4.78, 5) is 15.6. The summed E-state index contributed by atoms with van der Waals surface area (Å²) in [5.41, 5.74) is 1.94. The highest BCUT2D eigenvalue weighted by Gasteiger charge is 2.28. The number of hydrogen-bond acceptors (Lipinski definition) is 4. The van der Waals surface area contributed by atoms with Gasteiger partial charge in [0.05, 0.1) is 0 Å². The number of rotatable bonds is 9. The summed E-state index contributed by atoms with van der Waals surface area (Å²) < 4.78 is 2.53. The molecule has 4 nitrogen and oxygen atoms in total. The normalized spacial score (nSPS) is 19.0. The molecular formula is C25H34ClN3OS. The van der Waals surface area contributed by atoms with Crippen LogP contribution in [0.2, 0.25) is 5.02 Å². The molecule has 1 N–H and O–H groups in total. The predicted molar refractivity (Wildman–Crippen MR) is 132 cm³/mol. The maximum Gasteiger partial charge on any atom is 0.251 e. The van der Waals surface area contributed by atoms with Crippen LogP contribution >= 0.6 is 23.5 Å². The number of benzene rings is 2. The van der Waals surface area contributed by atoms with Gasteiger partial charge in [-0.3, -0.25) is 4.79 Å². The van der Waals surface area contributed by atoms with Gasteiger partial charge in [-0.15, -0.1) is 0 Å². The smallest absolute Gasteiger partial charge is 0.251 e. The summed E-state index contributed by atoms with van der Waals surface area (Å²) in [7, 11) is 4.00. The van der Waals surface area contributed by atoms with Crippen LogP contribution in [0, 0.1) is 5.92 Å². The van der Waals surface area contributed by atoms with E-state index in [0.717, 1.165) is 18.1 Å². The van der Waals surface area contributed by atoms with Crippen molar-refractivity contribution in [2.24, 2.45) is 5.92 Å². The van der Waals surface area contributed by atoms with Gasteiger partial charge in [-0.25, -0.2) is 4.31 Å². The molecule has 2 unspecified atom stereocenters. The van der Waals surface area contributed by atoms with E-state index in [4.69, 9.17) is 11.6 Å². The molecule has 2 aromatic rings. The third-order valence-electron chi connectivity index (χ3n) is 5.87. The Kier molecular flexibility index (Phi) is 9.27. The fraction of sp³-hybridized carbons (Fsp3) is 0.480. The summed E-state index contributed by atoms with van der Waals surface area (Å²) in [6.45, 7) is 4.71. The number of likely N-dealkylation sites (N-methyl/N-ethyl adjacent to an activating group) is 1. The first kappa shape index (κ1) is 24.1. The molecule has 0 heterocycles. The molecule has 0 bridgehead atoms. The monoisotopic (exact) mass is 459 g/mol. The largest absolute Gasteiger partial charge is 0.351 e. The van der Waals surface area contributed by atoms with Crippen LogP contribution in [0.25, 0.3) is 0 Å². The maximum atomic E-state index is 12.4. The van der Waals surface area contributed by atoms with Gasteiger partial charge in [-0.2, -0.15) is 0 Å². The average molecular weight is 460 g/mol. The first-order valence-corrected chi connectivity index (χ1v) is 12.3. The standard InChI is InChI=1S/C25H34ClN3OS/c1-19-6-4-5-7-24(19)29(31-23-14-12-22(26)13-15-23)18-20-8-10-21(11-9-20)25(30)27-16-17-28(2)3/h8-15,19,24H,4-7,16-18H2,1-3H3,(H,27,30). The lowest BCUT2D eigenvalue weighted by molar-refractivity contribution is 0.0951. The minimum Gasteiger partial charge on any atom is -0.351 e. The second kappa shape index (κ2) is 11.9. The molecule has 0 aromatic heterocycles. The van der Waals surface area contributed by atoms with Crippen molar-refractivity contribution in [2.45, 2.75) is 50.1 Å². The topological polar surface area (TPSA) is 35.6 Å². The Balaban J connectivity index is 1.68. The van der Waals surface area contributed by atoms with Gasteiger partial charge < -0.3 is 10.2 Å². The summed E-state index contributed by atoms with van der Waals surface area (Å²) in [5, 5.41) is 3.74. The molecule has 0 saturated heterocycles. The Morgan fingerprint density at radius 1 is 1.06 bits per heavy atom. The molecule has 1 aliphatic rings. The highest BCUT2D eigenvalue weighted by Crippen LogP contribution is 2.36. The molecule has 2 aromatic carbocycles. The van der Waals surface area contributed by atoms with Crippen LogP contribution in [0.3, 0.4) is 0 Å². The van der Waals surface area contributed by atoms with Crippen molar-refractivity contribution in [3.8, 4) is 0 Å². The van der Waals surface area contributed by atoms with Crippen LogP contribution in [0.4, 0.5) is 0 Å². The van der Waals surface area contributed by atoms with E-state index < -0.39 is 0 Å². The van der Waals surface area contributed by atoms with Crippen molar-refractivity contribution in [3.05, 3.63) is 64.7 Å². The van der Waals surface area contributed by atoms with E-state index in [1.54, 1.807) is 0 Å². The SMILES string of the molecule is CC1CCCCC1N(Cc1ccc(C(=O)NCCN(C)C)cc1)Sc1ccc(Cl)cc1. The Morgan fingerprint density at radius 3 is 2.39 bits per heavy atom. The summed E-state index contributed by atoms with van der Waals surface area (Å²) in [6, 6.07) is 16.7. The highest BCUT2D eigenvalue weighted by molar-refractivity contribution is 7.97. The Labute approximate surface area is 196 Å². The molecule has 2 atom stereocenters. The maximum absolute atomic E-state index is 12.4. The fourth-order valence-corrected chi connectivity index (χ4v) is 5.33. The van der Waals surface area contributed by atoms with Gasteiger partial charge >= 0.3 is 0 Å². The van der Waals surface area contributed by atoms with Crippen molar-refractivity contribution in [2.75, 3.05) is 27.2 Å². The summed E-state index contributed by atoms with van der Waals surface area (Å²) >= 11 is 7.90. The van der Waals surface area contributed by atoms with Crippen LogP contribution < -0.4 is 5.32 Å². The van der Waals surface area contributed by atoms with Crippen LogP contribution in [-0.2, 0) is 6.54 Å². The molecular weight excluding hydrogens is 426 g/mol. The predicted octanol–water partition coefficient (Wildman–Crippen LogP) is 5.72. The van der Waals surface area contributed by atoms with Crippen LogP contribution in [0.1, 0.15) is 48.5 Å². The number of hydrogen-bond donors (Lipinski definition) is 1. The van der Waals surface area contributed by atoms with Crippen LogP contribution in [0.15, 0.2) is 53.4 Å². The lowest BCUT2D eigenvalue weighted by atomic mass is 9.86. The summed E-state index contributed by atoms with van der Waals surface area (Å²) in [5.74, 6) is 0.664.